The van der Waals surface area contributed by atoms with Gasteiger partial charge in [-0.3, -0.25) is 0 Å². The Balaban J connectivity index is 2.19. The molecule has 1 aliphatic rings. The van der Waals surface area contributed by atoms with E-state index in [1.165, 1.54) is 0 Å². The van der Waals surface area contributed by atoms with E-state index in [0.29, 0.717) is 0 Å². The van der Waals surface area contributed by atoms with Crippen LogP contribution in [0.5, 0.6) is 0 Å². The summed E-state index contributed by atoms with van der Waals surface area (Å²) in [7, 11) is 0. The number of anilines is 1. The third kappa shape index (κ3) is 3.55. The molecule has 1 aliphatic heterocycles. The standard InChI is InChI=1S/C13H15F4NS/c1-8-11(3-2-6-19-8)18-12-7-9(13(15,16)17)4-5-10(12)14/h4-5,7-8,11,18H,2-3,6H2,1H3. The second kappa shape index (κ2) is 5.61. The van der Waals surface area contributed by atoms with Gasteiger partial charge in [-0.1, -0.05) is 6.92 Å². The first-order chi connectivity index (χ1) is 8.88. The molecule has 2 unspecified atom stereocenters. The Hall–Kier alpha value is -0.910. The van der Waals surface area contributed by atoms with Crippen molar-refractivity contribution in [1.82, 2.24) is 0 Å². The van der Waals surface area contributed by atoms with E-state index in [1.54, 1.807) is 11.8 Å². The third-order valence-electron chi connectivity index (χ3n) is 3.24. The highest BCUT2D eigenvalue weighted by molar-refractivity contribution is 8.00. The third-order valence-corrected chi connectivity index (χ3v) is 4.62. The minimum Gasteiger partial charge on any atom is -0.379 e. The molecule has 1 fully saturated rings. The fourth-order valence-corrected chi connectivity index (χ4v) is 3.27. The lowest BCUT2D eigenvalue weighted by Gasteiger charge is -2.30. The van der Waals surface area contributed by atoms with Crippen molar-refractivity contribution >= 4 is 17.4 Å². The minimum atomic E-state index is -4.45. The fourth-order valence-electron chi connectivity index (χ4n) is 2.12. The van der Waals surface area contributed by atoms with Crippen molar-refractivity contribution in [3.05, 3.63) is 29.6 Å². The Morgan fingerprint density at radius 3 is 2.68 bits per heavy atom. The zero-order chi connectivity index (χ0) is 14.0. The van der Waals surface area contributed by atoms with Gasteiger partial charge in [-0.05, 0) is 36.8 Å². The highest BCUT2D eigenvalue weighted by atomic mass is 32.2. The highest BCUT2D eigenvalue weighted by Crippen LogP contribution is 2.33. The van der Waals surface area contributed by atoms with E-state index in [-0.39, 0.29) is 17.0 Å². The lowest BCUT2D eigenvalue weighted by atomic mass is 10.1. The molecule has 0 bridgehead atoms. The van der Waals surface area contributed by atoms with Crippen LogP contribution in [0, 0.1) is 5.82 Å². The summed E-state index contributed by atoms with van der Waals surface area (Å²) in [5.41, 5.74) is -0.887. The summed E-state index contributed by atoms with van der Waals surface area (Å²) in [6.45, 7) is 2.01. The second-order valence-electron chi connectivity index (χ2n) is 4.66. The van der Waals surface area contributed by atoms with Crippen molar-refractivity contribution in [2.45, 2.75) is 37.2 Å². The summed E-state index contributed by atoms with van der Waals surface area (Å²) in [4.78, 5) is 0. The van der Waals surface area contributed by atoms with Crippen LogP contribution in [0.2, 0.25) is 0 Å². The normalized spacial score (nSPS) is 24.3. The van der Waals surface area contributed by atoms with Gasteiger partial charge < -0.3 is 5.32 Å². The number of nitrogens with one attached hydrogen (secondary N) is 1. The molecule has 0 aliphatic carbocycles. The van der Waals surface area contributed by atoms with Crippen molar-refractivity contribution in [1.29, 1.82) is 0 Å². The average Bonchev–Trinajstić information content (AvgIpc) is 2.33. The van der Waals surface area contributed by atoms with E-state index in [1.807, 2.05) is 6.92 Å². The fraction of sp³-hybridized carbons (Fsp3) is 0.538. The van der Waals surface area contributed by atoms with Crippen LogP contribution in [0.1, 0.15) is 25.3 Å². The van der Waals surface area contributed by atoms with Crippen molar-refractivity contribution in [2.24, 2.45) is 0 Å². The number of hydrogen-bond acceptors (Lipinski definition) is 2. The molecular weight excluding hydrogens is 278 g/mol. The molecule has 6 heteroatoms. The number of thioether (sulfide) groups is 1. The van der Waals surface area contributed by atoms with Crippen LogP contribution < -0.4 is 5.32 Å². The van der Waals surface area contributed by atoms with Gasteiger partial charge in [0.2, 0.25) is 0 Å². The quantitative estimate of drug-likeness (QED) is 0.803. The number of halogens is 4. The molecule has 0 saturated carbocycles. The van der Waals surface area contributed by atoms with Crippen LogP contribution >= 0.6 is 11.8 Å². The molecular formula is C13H15F4NS. The topological polar surface area (TPSA) is 12.0 Å². The Morgan fingerprint density at radius 1 is 1.32 bits per heavy atom. The largest absolute Gasteiger partial charge is 0.416 e. The SMILES string of the molecule is CC1SCCCC1Nc1cc(C(F)(F)F)ccc1F. The molecule has 1 N–H and O–H groups in total. The van der Waals surface area contributed by atoms with E-state index in [0.717, 1.165) is 36.8 Å². The molecule has 1 aromatic carbocycles. The molecule has 2 rings (SSSR count). The highest BCUT2D eigenvalue weighted by Gasteiger charge is 2.31. The second-order valence-corrected chi connectivity index (χ2v) is 6.15. The van der Waals surface area contributed by atoms with Gasteiger partial charge in [0.1, 0.15) is 5.82 Å². The molecule has 0 radical (unpaired) electrons. The maximum Gasteiger partial charge on any atom is 0.416 e. The maximum absolute atomic E-state index is 13.6. The van der Waals surface area contributed by atoms with E-state index in [4.69, 9.17) is 0 Å². The van der Waals surface area contributed by atoms with Crippen LogP contribution in [0.3, 0.4) is 0 Å². The Bertz CT molecular complexity index is 447. The average molecular weight is 293 g/mol. The van der Waals surface area contributed by atoms with Crippen molar-refractivity contribution < 1.29 is 17.6 Å². The zero-order valence-corrected chi connectivity index (χ0v) is 11.2. The van der Waals surface area contributed by atoms with Gasteiger partial charge in [0.25, 0.3) is 0 Å². The van der Waals surface area contributed by atoms with E-state index >= 15 is 0 Å². The number of benzene rings is 1. The Morgan fingerprint density at radius 2 is 2.05 bits per heavy atom. The summed E-state index contributed by atoms with van der Waals surface area (Å²) in [6, 6.07) is 2.49. The van der Waals surface area contributed by atoms with Gasteiger partial charge in [0.05, 0.1) is 11.3 Å². The molecule has 0 amide bonds. The van der Waals surface area contributed by atoms with Crippen LogP contribution in [-0.4, -0.2) is 17.0 Å². The first kappa shape index (κ1) is 14.5. The van der Waals surface area contributed by atoms with Gasteiger partial charge in [0, 0.05) is 11.3 Å². The lowest BCUT2D eigenvalue weighted by molar-refractivity contribution is -0.137. The predicted molar refractivity (Wildman–Crippen MR) is 70.0 cm³/mol. The summed E-state index contributed by atoms with van der Waals surface area (Å²) >= 11 is 1.75. The smallest absolute Gasteiger partial charge is 0.379 e. The van der Waals surface area contributed by atoms with Crippen LogP contribution in [0.25, 0.3) is 0 Å². The summed E-state index contributed by atoms with van der Waals surface area (Å²) in [5.74, 6) is 0.403. The summed E-state index contributed by atoms with van der Waals surface area (Å²) < 4.78 is 51.4. The lowest BCUT2D eigenvalue weighted by Crippen LogP contribution is -2.33. The van der Waals surface area contributed by atoms with Crippen molar-refractivity contribution in [3.8, 4) is 0 Å². The summed E-state index contributed by atoms with van der Waals surface area (Å²) in [5, 5.41) is 3.18. The first-order valence-electron chi connectivity index (χ1n) is 6.13. The first-order valence-corrected chi connectivity index (χ1v) is 7.17. The molecule has 0 spiro atoms. The van der Waals surface area contributed by atoms with Crippen molar-refractivity contribution in [2.75, 3.05) is 11.1 Å². The number of rotatable bonds is 2. The van der Waals surface area contributed by atoms with Gasteiger partial charge in [-0.25, -0.2) is 4.39 Å². The number of hydrogen-bond donors (Lipinski definition) is 1. The maximum atomic E-state index is 13.6. The molecule has 1 saturated heterocycles. The molecule has 1 aromatic rings. The predicted octanol–water partition coefficient (Wildman–Crippen LogP) is 4.54. The summed E-state index contributed by atoms with van der Waals surface area (Å²) in [6.07, 6.45) is -2.60. The van der Waals surface area contributed by atoms with Crippen LogP contribution in [0.4, 0.5) is 23.2 Å². The zero-order valence-electron chi connectivity index (χ0n) is 10.4. The Labute approximate surface area is 113 Å². The molecule has 19 heavy (non-hydrogen) atoms. The van der Waals surface area contributed by atoms with E-state index in [9.17, 15) is 17.6 Å². The molecule has 106 valence electrons. The number of alkyl halides is 3. The Kier molecular flexibility index (Phi) is 4.28. The van der Waals surface area contributed by atoms with Gasteiger partial charge in [0.15, 0.2) is 0 Å². The minimum absolute atomic E-state index is 0.0109. The molecule has 2 atom stereocenters. The van der Waals surface area contributed by atoms with Crippen LogP contribution in [-0.2, 0) is 6.18 Å². The van der Waals surface area contributed by atoms with Crippen molar-refractivity contribution in [3.63, 3.8) is 0 Å². The van der Waals surface area contributed by atoms with Crippen LogP contribution in [0.15, 0.2) is 18.2 Å². The van der Waals surface area contributed by atoms with Gasteiger partial charge in [-0.2, -0.15) is 24.9 Å². The van der Waals surface area contributed by atoms with Gasteiger partial charge in [-0.15, -0.1) is 0 Å². The molecule has 1 nitrogen and oxygen atoms in total. The van der Waals surface area contributed by atoms with E-state index in [2.05, 4.69) is 5.32 Å². The molecule has 1 heterocycles. The van der Waals surface area contributed by atoms with E-state index < -0.39 is 17.6 Å². The monoisotopic (exact) mass is 293 g/mol. The molecule has 0 aromatic heterocycles. The van der Waals surface area contributed by atoms with Gasteiger partial charge >= 0.3 is 6.18 Å².